The van der Waals surface area contributed by atoms with E-state index in [1.807, 2.05) is 109 Å². The predicted octanol–water partition coefficient (Wildman–Crippen LogP) is 26.3. The summed E-state index contributed by atoms with van der Waals surface area (Å²) in [6.07, 6.45) is 15.6. The summed E-state index contributed by atoms with van der Waals surface area (Å²) in [7, 11) is 0. The van der Waals surface area contributed by atoms with Crippen LogP contribution in [0.5, 0.6) is 0 Å². The molecule has 0 radical (unpaired) electrons. The fraction of sp³-hybridized carbons (Fsp3) is 0.0784. The minimum atomic E-state index is 0.580. The number of rotatable bonds is 16. The molecule has 0 unspecified atom stereocenters. The Morgan fingerprint density at radius 1 is 0.183 bits per heavy atom. The van der Waals surface area contributed by atoms with Crippen LogP contribution in [-0.2, 0) is 0 Å². The maximum atomic E-state index is 5.22. The van der Waals surface area contributed by atoms with Crippen molar-refractivity contribution in [3.8, 4) is 173 Å². The first-order chi connectivity index (χ1) is 53.3. The predicted molar refractivity (Wildman–Crippen MR) is 452 cm³/mol. The molecule has 0 saturated heterocycles. The summed E-state index contributed by atoms with van der Waals surface area (Å²) < 4.78 is 1.96. The SMILES string of the molecule is Cc1cc(-c2ccc(-c3ccccn3)cc2)c(-c2cc(-c3cc(C)c(C)cc3-c3ccc(-c4ccccn4)cc3)cc(-c3cccc(-c4cc(-c5cc(C)c(C)cc5-c5ccc(-c6ccccn6)cc5)cc(-c5cc(C)c(C)cc5-c5ccc(-c6ccccc6)nc5)c4)c3-c3cnc(-n4cccc4)nc3)c2)cc1C. The number of aromatic nitrogens is 7. The lowest BCUT2D eigenvalue weighted by molar-refractivity contribution is 0.937. The van der Waals surface area contributed by atoms with Gasteiger partial charge in [0.1, 0.15) is 0 Å². The summed E-state index contributed by atoms with van der Waals surface area (Å²) in [4.78, 5) is 29.8. The topological polar surface area (TPSA) is 82.3 Å². The maximum absolute atomic E-state index is 5.22. The van der Waals surface area contributed by atoms with Crippen molar-refractivity contribution in [2.75, 3.05) is 0 Å². The first-order valence-electron chi connectivity index (χ1n) is 37.2. The molecule has 6 heterocycles. The molecular weight excluding hydrogens is 1320 g/mol. The Bertz CT molecular complexity index is 5560. The third-order valence-electron chi connectivity index (χ3n) is 21.7. The van der Waals surface area contributed by atoms with Crippen molar-refractivity contribution in [3.05, 3.63) is 379 Å². The largest absolute Gasteiger partial charge is 0.293 e. The van der Waals surface area contributed by atoms with Gasteiger partial charge in [0.15, 0.2) is 0 Å². The Kier molecular flexibility index (Phi) is 18.5. The first kappa shape index (κ1) is 68.5. The Morgan fingerprint density at radius 2 is 0.459 bits per heavy atom. The number of benzene rings is 11. The Labute approximate surface area is 638 Å². The van der Waals surface area contributed by atoms with Gasteiger partial charge in [0.25, 0.3) is 0 Å². The van der Waals surface area contributed by atoms with Crippen LogP contribution in [0.2, 0.25) is 0 Å². The van der Waals surface area contributed by atoms with Gasteiger partial charge in [-0.25, -0.2) is 9.97 Å². The van der Waals surface area contributed by atoms with Crippen LogP contribution >= 0.6 is 0 Å². The highest BCUT2D eigenvalue weighted by molar-refractivity contribution is 6.01. The van der Waals surface area contributed by atoms with Gasteiger partial charge in [-0.1, -0.05) is 194 Å². The second-order valence-electron chi connectivity index (χ2n) is 28.8. The Morgan fingerprint density at radius 3 is 0.780 bits per heavy atom. The monoisotopic (exact) mass is 1400 g/mol. The first-order valence-corrected chi connectivity index (χ1v) is 37.2. The van der Waals surface area contributed by atoms with E-state index < -0.39 is 0 Å². The minimum Gasteiger partial charge on any atom is -0.293 e. The fourth-order valence-corrected chi connectivity index (χ4v) is 15.2. The molecule has 7 heteroatoms. The molecule has 11 aromatic carbocycles. The molecule has 0 bridgehead atoms. The van der Waals surface area contributed by atoms with Gasteiger partial charge in [-0.2, -0.15) is 0 Å². The van der Waals surface area contributed by atoms with E-state index in [2.05, 4.69) is 286 Å². The highest BCUT2D eigenvalue weighted by Crippen LogP contribution is 2.49. The fourth-order valence-electron chi connectivity index (χ4n) is 15.2. The van der Waals surface area contributed by atoms with E-state index in [0.717, 1.165) is 167 Å². The van der Waals surface area contributed by atoms with Crippen molar-refractivity contribution < 1.29 is 0 Å². The van der Waals surface area contributed by atoms with Gasteiger partial charge in [0.05, 0.1) is 22.8 Å². The number of pyridine rings is 4. The van der Waals surface area contributed by atoms with Gasteiger partial charge in [-0.15, -0.1) is 0 Å². The summed E-state index contributed by atoms with van der Waals surface area (Å²) in [5.41, 5.74) is 41.3. The number of nitrogens with zero attached hydrogens (tertiary/aromatic N) is 7. The molecule has 0 atom stereocenters. The van der Waals surface area contributed by atoms with Crippen molar-refractivity contribution in [1.82, 2.24) is 34.5 Å². The van der Waals surface area contributed by atoms with Crippen molar-refractivity contribution in [2.45, 2.75) is 55.4 Å². The molecule has 0 aliphatic heterocycles. The zero-order valence-corrected chi connectivity index (χ0v) is 62.4. The van der Waals surface area contributed by atoms with E-state index in [9.17, 15) is 0 Å². The molecule has 0 N–H and O–H groups in total. The van der Waals surface area contributed by atoms with Gasteiger partial charge in [-0.05, 0) is 297 Å². The van der Waals surface area contributed by atoms with Gasteiger partial charge >= 0.3 is 0 Å². The standard InChI is InChI=1S/C102H79N7/c1-64-47-89(72-28-34-76(35-29-72)97-25-12-15-42-103-97)93(51-68(64)5)82-55-80(56-83(59-82)94-52-69(6)65(2)48-90(94)73-30-36-77(37-31-73)98-26-13-16-43-104-98)87-23-20-24-88(101(87)86-62-107-102(108-63-86)109-45-18-19-46-109)81-57-84(95-53-70(7)66(3)49-91(95)74-32-38-78(39-33-74)99-27-14-17-44-105-99)60-85(58-81)96-54-71(8)67(4)50-92(96)79-40-41-100(106-61-79)75-21-10-9-11-22-75/h9-63H,1-8H3. The van der Waals surface area contributed by atoms with Crippen LogP contribution in [0.1, 0.15) is 44.5 Å². The lowest BCUT2D eigenvalue weighted by atomic mass is 9.82. The number of hydrogen-bond acceptors (Lipinski definition) is 6. The lowest BCUT2D eigenvalue weighted by Crippen LogP contribution is -2.00. The van der Waals surface area contributed by atoms with E-state index in [0.29, 0.717) is 5.95 Å². The van der Waals surface area contributed by atoms with E-state index in [1.54, 1.807) is 0 Å². The van der Waals surface area contributed by atoms with E-state index in [-0.39, 0.29) is 0 Å². The van der Waals surface area contributed by atoms with Crippen molar-refractivity contribution in [1.29, 1.82) is 0 Å². The zero-order chi connectivity index (χ0) is 74.2. The zero-order valence-electron chi connectivity index (χ0n) is 62.4. The van der Waals surface area contributed by atoms with E-state index in [1.165, 1.54) is 44.5 Å². The average molecular weight is 1400 g/mol. The van der Waals surface area contributed by atoms with Gasteiger partial charge in [0.2, 0.25) is 5.95 Å². The molecule has 0 aliphatic rings. The highest BCUT2D eigenvalue weighted by atomic mass is 15.1. The molecule has 17 aromatic rings. The molecular formula is C102H79N7. The molecule has 0 aliphatic carbocycles. The van der Waals surface area contributed by atoms with Crippen LogP contribution in [0.3, 0.4) is 0 Å². The normalized spacial score (nSPS) is 11.3. The van der Waals surface area contributed by atoms with E-state index >= 15 is 0 Å². The molecule has 0 amide bonds. The van der Waals surface area contributed by atoms with Crippen LogP contribution < -0.4 is 0 Å². The number of aryl methyl sites for hydroxylation is 8. The molecule has 522 valence electrons. The lowest BCUT2D eigenvalue weighted by Gasteiger charge is -2.22. The Hall–Kier alpha value is -13.6. The van der Waals surface area contributed by atoms with Crippen LogP contribution in [0.25, 0.3) is 173 Å². The van der Waals surface area contributed by atoms with Crippen LogP contribution in [0.4, 0.5) is 0 Å². The van der Waals surface area contributed by atoms with Crippen molar-refractivity contribution in [2.24, 2.45) is 0 Å². The smallest absolute Gasteiger partial charge is 0.233 e. The summed E-state index contributed by atoms with van der Waals surface area (Å²) in [5, 5.41) is 0. The third-order valence-corrected chi connectivity index (χ3v) is 21.7. The van der Waals surface area contributed by atoms with Gasteiger partial charge in [0, 0.05) is 88.5 Å². The minimum absolute atomic E-state index is 0.580. The summed E-state index contributed by atoms with van der Waals surface area (Å²) in [6.45, 7) is 17.8. The van der Waals surface area contributed by atoms with Crippen molar-refractivity contribution in [3.63, 3.8) is 0 Å². The molecule has 0 fully saturated rings. The van der Waals surface area contributed by atoms with Crippen LogP contribution in [0, 0.1) is 55.4 Å². The molecule has 0 spiro atoms. The molecule has 109 heavy (non-hydrogen) atoms. The summed E-state index contributed by atoms with van der Waals surface area (Å²) >= 11 is 0. The maximum Gasteiger partial charge on any atom is 0.233 e. The quantitative estimate of drug-likeness (QED) is 0.0959. The molecule has 6 aromatic heterocycles. The summed E-state index contributed by atoms with van der Waals surface area (Å²) in [6, 6.07) is 104. The van der Waals surface area contributed by atoms with Gasteiger partial charge < -0.3 is 0 Å². The average Bonchev–Trinajstić information content (AvgIpc) is 0.798. The summed E-state index contributed by atoms with van der Waals surface area (Å²) in [5.74, 6) is 0.580. The van der Waals surface area contributed by atoms with Crippen LogP contribution in [0.15, 0.2) is 335 Å². The highest BCUT2D eigenvalue weighted by Gasteiger charge is 2.24. The second kappa shape index (κ2) is 29.4. The van der Waals surface area contributed by atoms with E-state index in [4.69, 9.17) is 29.9 Å². The van der Waals surface area contributed by atoms with Crippen LogP contribution in [-0.4, -0.2) is 34.5 Å². The van der Waals surface area contributed by atoms with Crippen molar-refractivity contribution >= 4 is 0 Å². The molecule has 0 saturated carbocycles. The molecule has 17 rings (SSSR count). The third kappa shape index (κ3) is 13.8. The van der Waals surface area contributed by atoms with Gasteiger partial charge in [-0.3, -0.25) is 24.5 Å². The molecule has 7 nitrogen and oxygen atoms in total. The second-order valence-corrected chi connectivity index (χ2v) is 28.8. The Balaban J connectivity index is 0.929. The number of hydrogen-bond donors (Lipinski definition) is 0.